The number of nitrogens with zero attached hydrogens (tertiary/aromatic N) is 3. The summed E-state index contributed by atoms with van der Waals surface area (Å²) in [6.07, 6.45) is 0. The van der Waals surface area contributed by atoms with Crippen molar-refractivity contribution in [3.8, 4) is 50.6 Å². The monoisotopic (exact) mass is 639 g/mol. The largest absolute Gasteiger partial charge is 0.452 e. The third-order valence-electron chi connectivity index (χ3n) is 9.61. The standard InChI is InChI=1S/C46H29N3O/c1-4-13-30(14-5-1)43-45-44(48-46(47-43)31-15-6-2-7-16-31)39-28-34(24-26-42(39)50-45)32-17-12-18-33(27-32)35-23-25-38-37-21-10-11-22-40(37)49(41(38)29-35)36-19-8-3-9-20-36/h1-29H. The molecule has 3 aromatic heterocycles. The Morgan fingerprint density at radius 1 is 0.400 bits per heavy atom. The molecule has 0 aliphatic carbocycles. The van der Waals surface area contributed by atoms with E-state index in [2.05, 4.69) is 132 Å². The third-order valence-corrected chi connectivity index (χ3v) is 9.61. The number of para-hydroxylation sites is 2. The van der Waals surface area contributed by atoms with Gasteiger partial charge in [0, 0.05) is 33.0 Å². The Kier molecular flexibility index (Phi) is 6.46. The maximum absolute atomic E-state index is 6.50. The van der Waals surface area contributed by atoms with Crippen LogP contribution in [0.25, 0.3) is 94.5 Å². The molecule has 0 N–H and O–H groups in total. The number of hydrogen-bond acceptors (Lipinski definition) is 3. The maximum atomic E-state index is 6.50. The summed E-state index contributed by atoms with van der Waals surface area (Å²) >= 11 is 0. The fourth-order valence-corrected chi connectivity index (χ4v) is 7.21. The molecule has 0 fully saturated rings. The van der Waals surface area contributed by atoms with Crippen molar-refractivity contribution in [2.24, 2.45) is 0 Å². The quantitative estimate of drug-likeness (QED) is 0.188. The Balaban J connectivity index is 1.12. The lowest BCUT2D eigenvalue weighted by atomic mass is 9.97. The maximum Gasteiger partial charge on any atom is 0.180 e. The lowest BCUT2D eigenvalue weighted by molar-refractivity contribution is 0.667. The van der Waals surface area contributed by atoms with Crippen LogP contribution in [0, 0.1) is 0 Å². The average Bonchev–Trinajstić information content (AvgIpc) is 3.73. The second kappa shape index (κ2) is 11.4. The van der Waals surface area contributed by atoms with Crippen molar-refractivity contribution in [3.05, 3.63) is 176 Å². The molecule has 0 radical (unpaired) electrons. The van der Waals surface area contributed by atoms with E-state index in [-0.39, 0.29) is 0 Å². The van der Waals surface area contributed by atoms with Crippen LogP contribution in [0.5, 0.6) is 0 Å². The summed E-state index contributed by atoms with van der Waals surface area (Å²) in [7, 11) is 0. The first-order valence-corrected chi connectivity index (χ1v) is 16.8. The van der Waals surface area contributed by atoms with Gasteiger partial charge in [-0.25, -0.2) is 9.97 Å². The molecule has 234 valence electrons. The molecule has 0 saturated heterocycles. The van der Waals surface area contributed by atoms with E-state index >= 15 is 0 Å². The molecule has 10 rings (SSSR count). The summed E-state index contributed by atoms with van der Waals surface area (Å²) < 4.78 is 8.87. The van der Waals surface area contributed by atoms with Gasteiger partial charge in [-0.3, -0.25) is 0 Å². The molecule has 0 aliphatic heterocycles. The summed E-state index contributed by atoms with van der Waals surface area (Å²) in [4.78, 5) is 10.1. The molecule has 3 heterocycles. The second-order valence-electron chi connectivity index (χ2n) is 12.6. The Bertz CT molecular complexity index is 2850. The average molecular weight is 640 g/mol. The van der Waals surface area contributed by atoms with Crippen molar-refractivity contribution in [3.63, 3.8) is 0 Å². The van der Waals surface area contributed by atoms with E-state index in [0.717, 1.165) is 55.7 Å². The minimum absolute atomic E-state index is 0.676. The van der Waals surface area contributed by atoms with E-state index in [1.165, 1.54) is 27.4 Å². The smallest absolute Gasteiger partial charge is 0.180 e. The van der Waals surface area contributed by atoms with Crippen LogP contribution in [-0.2, 0) is 0 Å². The summed E-state index contributed by atoms with van der Waals surface area (Å²) in [6, 6.07) is 61.6. The normalized spacial score (nSPS) is 11.6. The summed E-state index contributed by atoms with van der Waals surface area (Å²) in [6.45, 7) is 0. The van der Waals surface area contributed by atoms with Gasteiger partial charge in [0.25, 0.3) is 0 Å². The predicted octanol–water partition coefficient (Wildman–Crippen LogP) is 12.1. The Morgan fingerprint density at radius 3 is 1.78 bits per heavy atom. The van der Waals surface area contributed by atoms with Gasteiger partial charge in [0.05, 0.1) is 11.0 Å². The van der Waals surface area contributed by atoms with Crippen LogP contribution in [0.15, 0.2) is 180 Å². The van der Waals surface area contributed by atoms with Crippen LogP contribution < -0.4 is 0 Å². The molecule has 0 unspecified atom stereocenters. The van der Waals surface area contributed by atoms with E-state index in [9.17, 15) is 0 Å². The summed E-state index contributed by atoms with van der Waals surface area (Å²) in [5.74, 6) is 0.676. The van der Waals surface area contributed by atoms with Crippen LogP contribution in [0.2, 0.25) is 0 Å². The zero-order valence-corrected chi connectivity index (χ0v) is 27.0. The molecule has 10 aromatic rings. The second-order valence-corrected chi connectivity index (χ2v) is 12.6. The molecule has 0 amide bonds. The highest BCUT2D eigenvalue weighted by atomic mass is 16.3. The molecule has 0 atom stereocenters. The minimum atomic E-state index is 0.676. The number of hydrogen-bond donors (Lipinski definition) is 0. The van der Waals surface area contributed by atoms with Gasteiger partial charge in [0.2, 0.25) is 0 Å². The van der Waals surface area contributed by atoms with Crippen molar-refractivity contribution >= 4 is 43.9 Å². The van der Waals surface area contributed by atoms with Crippen molar-refractivity contribution in [2.45, 2.75) is 0 Å². The van der Waals surface area contributed by atoms with E-state index in [1.54, 1.807) is 0 Å². The molecule has 50 heavy (non-hydrogen) atoms. The van der Waals surface area contributed by atoms with E-state index in [4.69, 9.17) is 14.4 Å². The highest BCUT2D eigenvalue weighted by Crippen LogP contribution is 2.39. The van der Waals surface area contributed by atoms with Gasteiger partial charge < -0.3 is 8.98 Å². The van der Waals surface area contributed by atoms with Gasteiger partial charge in [-0.05, 0) is 64.7 Å². The lowest BCUT2D eigenvalue weighted by Gasteiger charge is -2.10. The number of fused-ring (bicyclic) bond motifs is 6. The molecule has 0 saturated carbocycles. The van der Waals surface area contributed by atoms with Crippen molar-refractivity contribution in [1.29, 1.82) is 0 Å². The molecule has 0 spiro atoms. The lowest BCUT2D eigenvalue weighted by Crippen LogP contribution is -1.93. The first-order chi connectivity index (χ1) is 24.8. The predicted molar refractivity (Wildman–Crippen MR) is 205 cm³/mol. The number of rotatable bonds is 5. The Morgan fingerprint density at radius 2 is 1.00 bits per heavy atom. The molecule has 4 heteroatoms. The van der Waals surface area contributed by atoms with E-state index in [1.807, 2.05) is 48.5 Å². The van der Waals surface area contributed by atoms with Gasteiger partial charge in [-0.2, -0.15) is 0 Å². The highest BCUT2D eigenvalue weighted by Gasteiger charge is 2.19. The zero-order chi connectivity index (χ0) is 33.0. The Hall–Kier alpha value is -6.78. The van der Waals surface area contributed by atoms with E-state index in [0.29, 0.717) is 11.4 Å². The van der Waals surface area contributed by atoms with Gasteiger partial charge in [-0.1, -0.05) is 133 Å². The van der Waals surface area contributed by atoms with Crippen molar-refractivity contribution < 1.29 is 4.42 Å². The molecule has 0 aliphatic rings. The molecule has 7 aromatic carbocycles. The molecule has 0 bridgehead atoms. The van der Waals surface area contributed by atoms with Crippen molar-refractivity contribution in [1.82, 2.24) is 14.5 Å². The SMILES string of the molecule is c1ccc(-c2nc(-c3ccccc3)c3oc4ccc(-c5cccc(-c6ccc7c8ccccc8n(-c8ccccc8)c7c6)c5)cc4c3n2)cc1. The summed E-state index contributed by atoms with van der Waals surface area (Å²) in [5.41, 5.74) is 13.1. The van der Waals surface area contributed by atoms with Crippen LogP contribution in [0.3, 0.4) is 0 Å². The fraction of sp³-hybridized carbons (Fsp3) is 0. The van der Waals surface area contributed by atoms with E-state index < -0.39 is 0 Å². The van der Waals surface area contributed by atoms with Gasteiger partial charge in [-0.15, -0.1) is 0 Å². The van der Waals surface area contributed by atoms with Crippen LogP contribution >= 0.6 is 0 Å². The topological polar surface area (TPSA) is 43.9 Å². The first-order valence-electron chi connectivity index (χ1n) is 16.8. The highest BCUT2D eigenvalue weighted by molar-refractivity contribution is 6.11. The number of furan rings is 1. The Labute approximate surface area is 288 Å². The number of benzene rings is 7. The fourth-order valence-electron chi connectivity index (χ4n) is 7.21. The first kappa shape index (κ1) is 28.3. The van der Waals surface area contributed by atoms with Crippen LogP contribution in [0.4, 0.5) is 0 Å². The van der Waals surface area contributed by atoms with Gasteiger partial charge in [0.1, 0.15) is 16.8 Å². The number of aromatic nitrogens is 3. The molecular formula is C46H29N3O. The van der Waals surface area contributed by atoms with Gasteiger partial charge >= 0.3 is 0 Å². The van der Waals surface area contributed by atoms with Crippen molar-refractivity contribution in [2.75, 3.05) is 0 Å². The van der Waals surface area contributed by atoms with Crippen LogP contribution in [0.1, 0.15) is 0 Å². The minimum Gasteiger partial charge on any atom is -0.452 e. The van der Waals surface area contributed by atoms with Gasteiger partial charge in [0.15, 0.2) is 11.4 Å². The molecule has 4 nitrogen and oxygen atoms in total. The van der Waals surface area contributed by atoms with Crippen LogP contribution in [-0.4, -0.2) is 14.5 Å². The third kappa shape index (κ3) is 4.61. The molecular weight excluding hydrogens is 611 g/mol. The zero-order valence-electron chi connectivity index (χ0n) is 27.0. The summed E-state index contributed by atoms with van der Waals surface area (Å²) in [5, 5.41) is 3.46.